The highest BCUT2D eigenvalue weighted by molar-refractivity contribution is 5.21. The van der Waals surface area contributed by atoms with Crippen molar-refractivity contribution in [1.82, 2.24) is 5.43 Å². The van der Waals surface area contributed by atoms with Gasteiger partial charge in [-0.2, -0.15) is 0 Å². The molecule has 0 spiro atoms. The molecule has 1 unspecified atom stereocenters. The average molecular weight is 298 g/mol. The minimum Gasteiger partial charge on any atom is -0.377 e. The smallest absolute Gasteiger partial charge is 0.126 e. The van der Waals surface area contributed by atoms with Gasteiger partial charge in [0.1, 0.15) is 11.6 Å². The van der Waals surface area contributed by atoms with Crippen molar-refractivity contribution in [3.8, 4) is 0 Å². The van der Waals surface area contributed by atoms with Gasteiger partial charge in [-0.05, 0) is 61.8 Å². The number of hydrogen-bond acceptors (Lipinski definition) is 3. The molecule has 1 saturated carbocycles. The molecule has 1 fully saturated rings. The van der Waals surface area contributed by atoms with Crippen molar-refractivity contribution in [1.29, 1.82) is 0 Å². The molecule has 0 aliphatic heterocycles. The topological polar surface area (TPSA) is 47.3 Å². The number of nitrogens with two attached hydrogens (primary N) is 1. The molecule has 0 saturated heterocycles. The fourth-order valence-electron chi connectivity index (χ4n) is 3.26. The Balaban J connectivity index is 2.19. The van der Waals surface area contributed by atoms with Crippen LogP contribution in [0.1, 0.15) is 38.2 Å². The van der Waals surface area contributed by atoms with E-state index in [1.54, 1.807) is 7.11 Å². The monoisotopic (exact) mass is 298 g/mol. The van der Waals surface area contributed by atoms with Crippen LogP contribution in [0.4, 0.5) is 8.78 Å². The molecular weight excluding hydrogens is 274 g/mol. The first kappa shape index (κ1) is 16.3. The molecule has 1 atom stereocenters. The highest BCUT2D eigenvalue weighted by Gasteiger charge is 2.41. The minimum absolute atomic E-state index is 0.244. The van der Waals surface area contributed by atoms with Gasteiger partial charge >= 0.3 is 0 Å². The molecule has 0 radical (unpaired) electrons. The fraction of sp³-hybridized carbons (Fsp3) is 0.625. The Hall–Kier alpha value is -1.04. The molecule has 1 aromatic carbocycles. The van der Waals surface area contributed by atoms with Gasteiger partial charge in [-0.25, -0.2) is 8.78 Å². The van der Waals surface area contributed by atoms with Crippen molar-refractivity contribution in [2.45, 2.75) is 50.7 Å². The summed E-state index contributed by atoms with van der Waals surface area (Å²) in [6, 6.07) is 3.26. The molecule has 3 N–H and O–H groups in total. The third kappa shape index (κ3) is 3.59. The van der Waals surface area contributed by atoms with Gasteiger partial charge in [0.2, 0.25) is 0 Å². The summed E-state index contributed by atoms with van der Waals surface area (Å²) in [6.07, 6.45) is 4.16. The zero-order chi connectivity index (χ0) is 15.5. The summed E-state index contributed by atoms with van der Waals surface area (Å²) in [5, 5.41) is 0. The van der Waals surface area contributed by atoms with Gasteiger partial charge in [-0.3, -0.25) is 11.3 Å². The number of rotatable bonds is 5. The van der Waals surface area contributed by atoms with Crippen molar-refractivity contribution < 1.29 is 13.5 Å². The number of hydrazine groups is 1. The Morgan fingerprint density at radius 2 is 2.05 bits per heavy atom. The third-order valence-corrected chi connectivity index (χ3v) is 4.80. The van der Waals surface area contributed by atoms with Crippen molar-refractivity contribution in [2.75, 3.05) is 7.11 Å². The minimum atomic E-state index is -0.439. The normalized spacial score (nSPS) is 27.6. The Morgan fingerprint density at radius 1 is 1.38 bits per heavy atom. The maximum Gasteiger partial charge on any atom is 0.126 e. The number of ether oxygens (including phenoxy) is 1. The zero-order valence-corrected chi connectivity index (χ0v) is 12.7. The first-order chi connectivity index (χ1) is 10.0. The summed E-state index contributed by atoms with van der Waals surface area (Å²) in [4.78, 5) is 0. The van der Waals surface area contributed by atoms with Gasteiger partial charge in [-0.15, -0.1) is 0 Å². The molecule has 1 aliphatic carbocycles. The molecule has 5 heteroatoms. The maximum atomic E-state index is 13.8. The van der Waals surface area contributed by atoms with Crippen LogP contribution >= 0.6 is 0 Å². The van der Waals surface area contributed by atoms with E-state index in [-0.39, 0.29) is 6.04 Å². The van der Waals surface area contributed by atoms with Crippen molar-refractivity contribution in [3.05, 3.63) is 35.4 Å². The Labute approximate surface area is 124 Å². The molecule has 21 heavy (non-hydrogen) atoms. The third-order valence-electron chi connectivity index (χ3n) is 4.80. The standard InChI is InChI=1S/C16H24F2N2O/c1-11-5-7-16(21-2,8-6-11)15(20-19)10-12-9-13(17)3-4-14(12)18/h3-4,9,11,15,20H,5-8,10,19H2,1-2H3. The van der Waals surface area contributed by atoms with Crippen molar-refractivity contribution in [2.24, 2.45) is 11.8 Å². The van der Waals surface area contributed by atoms with E-state index in [1.165, 1.54) is 6.07 Å². The van der Waals surface area contributed by atoms with Crippen LogP contribution in [0.3, 0.4) is 0 Å². The predicted molar refractivity (Wildman–Crippen MR) is 78.5 cm³/mol. The quantitative estimate of drug-likeness (QED) is 0.649. The van der Waals surface area contributed by atoms with E-state index in [1.807, 2.05) is 0 Å². The molecule has 0 bridgehead atoms. The molecule has 1 aliphatic rings. The highest BCUT2D eigenvalue weighted by atomic mass is 19.1. The summed E-state index contributed by atoms with van der Waals surface area (Å²) < 4.78 is 32.9. The second-order valence-electron chi connectivity index (χ2n) is 6.11. The average Bonchev–Trinajstić information content (AvgIpc) is 2.49. The van der Waals surface area contributed by atoms with Crippen LogP contribution in [-0.2, 0) is 11.2 Å². The zero-order valence-electron chi connectivity index (χ0n) is 12.7. The van der Waals surface area contributed by atoms with E-state index in [0.717, 1.165) is 37.8 Å². The first-order valence-electron chi connectivity index (χ1n) is 7.46. The van der Waals surface area contributed by atoms with E-state index in [9.17, 15) is 8.78 Å². The number of methoxy groups -OCH3 is 1. The number of benzene rings is 1. The molecule has 1 aromatic rings. The van der Waals surface area contributed by atoms with Crippen LogP contribution in [0.15, 0.2) is 18.2 Å². The van der Waals surface area contributed by atoms with Crippen LogP contribution in [0.25, 0.3) is 0 Å². The Morgan fingerprint density at radius 3 is 2.62 bits per heavy atom. The number of hydrogen-bond donors (Lipinski definition) is 2. The van der Waals surface area contributed by atoms with Crippen LogP contribution in [-0.4, -0.2) is 18.8 Å². The van der Waals surface area contributed by atoms with Crippen molar-refractivity contribution in [3.63, 3.8) is 0 Å². The molecular formula is C16H24F2N2O. The SMILES string of the molecule is COC1(C(Cc2cc(F)ccc2F)NN)CCC(C)CC1. The van der Waals surface area contributed by atoms with Gasteiger partial charge in [0.15, 0.2) is 0 Å². The molecule has 118 valence electrons. The molecule has 2 rings (SSSR count). The lowest BCUT2D eigenvalue weighted by Crippen LogP contribution is -2.57. The first-order valence-corrected chi connectivity index (χ1v) is 7.46. The summed E-state index contributed by atoms with van der Waals surface area (Å²) in [5.41, 5.74) is 2.67. The second kappa shape index (κ2) is 6.81. The van der Waals surface area contributed by atoms with Crippen LogP contribution in [0.2, 0.25) is 0 Å². The lowest BCUT2D eigenvalue weighted by molar-refractivity contribution is -0.0748. The maximum absolute atomic E-state index is 13.8. The van der Waals surface area contributed by atoms with Crippen LogP contribution < -0.4 is 11.3 Å². The van der Waals surface area contributed by atoms with E-state index in [2.05, 4.69) is 12.3 Å². The van der Waals surface area contributed by atoms with Gasteiger partial charge in [-0.1, -0.05) is 6.92 Å². The van der Waals surface area contributed by atoms with E-state index in [4.69, 9.17) is 10.6 Å². The molecule has 0 aromatic heterocycles. The number of halogens is 2. The van der Waals surface area contributed by atoms with E-state index < -0.39 is 17.2 Å². The van der Waals surface area contributed by atoms with Crippen molar-refractivity contribution >= 4 is 0 Å². The van der Waals surface area contributed by atoms with Gasteiger partial charge in [0, 0.05) is 7.11 Å². The Bertz CT molecular complexity index is 473. The molecule has 0 amide bonds. The molecule has 0 heterocycles. The van der Waals surface area contributed by atoms with Gasteiger partial charge < -0.3 is 4.74 Å². The molecule has 3 nitrogen and oxygen atoms in total. The lowest BCUT2D eigenvalue weighted by Gasteiger charge is -2.43. The lowest BCUT2D eigenvalue weighted by atomic mass is 9.74. The summed E-state index contributed by atoms with van der Waals surface area (Å²) in [7, 11) is 1.67. The highest BCUT2D eigenvalue weighted by Crippen LogP contribution is 2.37. The Kier molecular flexibility index (Phi) is 5.30. The van der Waals surface area contributed by atoms with Gasteiger partial charge in [0.25, 0.3) is 0 Å². The summed E-state index contributed by atoms with van der Waals surface area (Å²) in [5.74, 6) is 5.50. The largest absolute Gasteiger partial charge is 0.377 e. The van der Waals surface area contributed by atoms with Crippen LogP contribution in [0.5, 0.6) is 0 Å². The van der Waals surface area contributed by atoms with E-state index >= 15 is 0 Å². The van der Waals surface area contributed by atoms with Gasteiger partial charge in [0.05, 0.1) is 11.6 Å². The van der Waals surface area contributed by atoms with Crippen LogP contribution in [0, 0.1) is 17.6 Å². The predicted octanol–water partition coefficient (Wildman–Crippen LogP) is 2.93. The number of nitrogens with one attached hydrogen (secondary N) is 1. The fourth-order valence-corrected chi connectivity index (χ4v) is 3.26. The van der Waals surface area contributed by atoms with E-state index in [0.29, 0.717) is 17.9 Å². The second-order valence-corrected chi connectivity index (χ2v) is 6.11. The summed E-state index contributed by atoms with van der Waals surface area (Å²) in [6.45, 7) is 2.22. The summed E-state index contributed by atoms with van der Waals surface area (Å²) >= 11 is 0.